The molecule has 0 aromatic heterocycles. The van der Waals surface area contributed by atoms with E-state index >= 15 is 0 Å². The number of rotatable bonds is 1. The normalized spacial score (nSPS) is 13.4. The van der Waals surface area contributed by atoms with E-state index in [1.165, 1.54) is 43.4 Å². The fraction of sp³-hybridized carbons (Fsp3) is 0.222. The van der Waals surface area contributed by atoms with Crippen molar-refractivity contribution in [1.29, 1.82) is 0 Å². The topological polar surface area (TPSA) is 0 Å². The van der Waals surface area contributed by atoms with E-state index in [1.54, 1.807) is 0 Å². The number of aryl methyl sites for hydroxylation is 3. The lowest BCUT2D eigenvalue weighted by atomic mass is 9.91. The van der Waals surface area contributed by atoms with Crippen molar-refractivity contribution in [3.05, 3.63) is 74.3 Å². The van der Waals surface area contributed by atoms with Gasteiger partial charge in [0.15, 0.2) is 0 Å². The number of halogens is 1. The van der Waals surface area contributed by atoms with Crippen LogP contribution in [0.25, 0.3) is 5.57 Å². The van der Waals surface area contributed by atoms with Crippen LogP contribution >= 0.6 is 15.9 Å². The van der Waals surface area contributed by atoms with Crippen molar-refractivity contribution < 1.29 is 0 Å². The Morgan fingerprint density at radius 1 is 0.947 bits per heavy atom. The molecule has 1 aliphatic carbocycles. The summed E-state index contributed by atoms with van der Waals surface area (Å²) in [5.41, 5.74) is 9.71. The lowest BCUT2D eigenvalue weighted by molar-refractivity contribution is 1.29. The molecule has 0 aliphatic heterocycles. The molecule has 1 heteroatoms. The molecule has 0 atom stereocenters. The molecule has 0 bridgehead atoms. The Morgan fingerprint density at radius 2 is 1.63 bits per heavy atom. The molecule has 0 heterocycles. The van der Waals surface area contributed by atoms with Gasteiger partial charge in [-0.05, 0) is 72.7 Å². The molecule has 0 unspecified atom stereocenters. The summed E-state index contributed by atoms with van der Waals surface area (Å²) in [4.78, 5) is 0. The van der Waals surface area contributed by atoms with Gasteiger partial charge in [-0.1, -0.05) is 45.8 Å². The molecule has 19 heavy (non-hydrogen) atoms. The van der Waals surface area contributed by atoms with Crippen molar-refractivity contribution in [3.63, 3.8) is 0 Å². The van der Waals surface area contributed by atoms with Crippen LogP contribution in [0.3, 0.4) is 0 Å². The first-order valence-corrected chi connectivity index (χ1v) is 7.43. The van der Waals surface area contributed by atoms with Gasteiger partial charge >= 0.3 is 0 Å². The highest BCUT2D eigenvalue weighted by Gasteiger charge is 2.18. The Kier molecular flexibility index (Phi) is 3.10. The van der Waals surface area contributed by atoms with E-state index in [0.717, 1.165) is 6.42 Å². The molecular formula is C18H17Br. The molecule has 0 fully saturated rings. The quantitative estimate of drug-likeness (QED) is 0.664. The zero-order valence-electron chi connectivity index (χ0n) is 11.5. The first-order valence-electron chi connectivity index (χ1n) is 6.63. The predicted molar refractivity (Wildman–Crippen MR) is 85.6 cm³/mol. The minimum absolute atomic E-state index is 1.04. The average molecular weight is 313 g/mol. The lowest BCUT2D eigenvalue weighted by Gasteiger charge is -2.14. The second-order valence-electron chi connectivity index (χ2n) is 5.40. The fourth-order valence-corrected chi connectivity index (χ4v) is 3.57. The molecule has 0 radical (unpaired) electrons. The predicted octanol–water partition coefficient (Wildman–Crippen LogP) is 5.36. The van der Waals surface area contributed by atoms with Crippen molar-refractivity contribution in [1.82, 2.24) is 0 Å². The summed E-state index contributed by atoms with van der Waals surface area (Å²) in [7, 11) is 0. The summed E-state index contributed by atoms with van der Waals surface area (Å²) < 4.78 is 1.17. The molecular weight excluding hydrogens is 296 g/mol. The fourth-order valence-electron chi connectivity index (χ4n) is 3.16. The molecule has 2 aromatic rings. The smallest absolute Gasteiger partial charge is 0.0178 e. The molecule has 3 rings (SSSR count). The van der Waals surface area contributed by atoms with E-state index in [1.807, 2.05) is 0 Å². The molecule has 96 valence electrons. The van der Waals surface area contributed by atoms with Gasteiger partial charge in [0.25, 0.3) is 0 Å². The number of hydrogen-bond acceptors (Lipinski definition) is 0. The van der Waals surface area contributed by atoms with E-state index in [-0.39, 0.29) is 0 Å². The Bertz CT molecular complexity index is 670. The van der Waals surface area contributed by atoms with Gasteiger partial charge in [-0.3, -0.25) is 0 Å². The maximum atomic E-state index is 3.56. The van der Waals surface area contributed by atoms with Crippen LogP contribution in [0.2, 0.25) is 0 Å². The number of allylic oxidation sites excluding steroid dienone is 1. The van der Waals surface area contributed by atoms with E-state index in [9.17, 15) is 0 Å². The van der Waals surface area contributed by atoms with Crippen LogP contribution < -0.4 is 0 Å². The summed E-state index contributed by atoms with van der Waals surface area (Å²) in [6.07, 6.45) is 3.40. The minimum atomic E-state index is 1.04. The third kappa shape index (κ3) is 2.17. The summed E-state index contributed by atoms with van der Waals surface area (Å²) in [5, 5.41) is 0. The molecule has 1 aliphatic rings. The molecule has 0 saturated carbocycles. The number of benzene rings is 2. The zero-order chi connectivity index (χ0) is 13.6. The van der Waals surface area contributed by atoms with Gasteiger partial charge in [0.2, 0.25) is 0 Å². The summed E-state index contributed by atoms with van der Waals surface area (Å²) in [6, 6.07) is 11.2. The Hall–Kier alpha value is -1.34. The van der Waals surface area contributed by atoms with E-state index < -0.39 is 0 Å². The van der Waals surface area contributed by atoms with Crippen LogP contribution in [0.15, 0.2) is 40.9 Å². The van der Waals surface area contributed by atoms with E-state index in [4.69, 9.17) is 0 Å². The summed E-state index contributed by atoms with van der Waals surface area (Å²) >= 11 is 3.56. The monoisotopic (exact) mass is 312 g/mol. The Balaban J connectivity index is 2.17. The zero-order valence-corrected chi connectivity index (χ0v) is 13.1. The van der Waals surface area contributed by atoms with Gasteiger partial charge in [0, 0.05) is 4.47 Å². The van der Waals surface area contributed by atoms with Crippen molar-refractivity contribution in [2.45, 2.75) is 27.2 Å². The molecule has 0 saturated heterocycles. The van der Waals surface area contributed by atoms with Gasteiger partial charge in [-0.15, -0.1) is 0 Å². The number of hydrogen-bond donors (Lipinski definition) is 0. The highest BCUT2D eigenvalue weighted by molar-refractivity contribution is 9.10. The first kappa shape index (κ1) is 12.7. The van der Waals surface area contributed by atoms with Gasteiger partial charge in [-0.25, -0.2) is 0 Å². The van der Waals surface area contributed by atoms with Crippen LogP contribution in [-0.2, 0) is 6.42 Å². The average Bonchev–Trinajstić information content (AvgIpc) is 2.71. The standard InChI is InChI=1S/C18H17Br/c1-11-8-12(2)18(13(3)9-11)17-6-4-14-10-15(19)5-7-16(14)17/h5-10H,4H2,1-3H3. The van der Waals surface area contributed by atoms with Crippen LogP contribution in [0.5, 0.6) is 0 Å². The maximum Gasteiger partial charge on any atom is 0.0178 e. The number of fused-ring (bicyclic) bond motifs is 1. The maximum absolute atomic E-state index is 3.56. The van der Waals surface area contributed by atoms with Crippen LogP contribution in [0, 0.1) is 20.8 Å². The van der Waals surface area contributed by atoms with Crippen molar-refractivity contribution in [3.8, 4) is 0 Å². The summed E-state index contributed by atoms with van der Waals surface area (Å²) in [6.45, 7) is 6.60. The van der Waals surface area contributed by atoms with E-state index in [2.05, 4.69) is 73.1 Å². The van der Waals surface area contributed by atoms with Gasteiger partial charge in [0.05, 0.1) is 0 Å². The van der Waals surface area contributed by atoms with Crippen molar-refractivity contribution in [2.75, 3.05) is 0 Å². The molecule has 2 aromatic carbocycles. The molecule has 0 nitrogen and oxygen atoms in total. The van der Waals surface area contributed by atoms with Gasteiger partial charge in [0.1, 0.15) is 0 Å². The first-order chi connectivity index (χ1) is 9.06. The Labute approximate surface area is 123 Å². The third-order valence-electron chi connectivity index (χ3n) is 3.83. The lowest BCUT2D eigenvalue weighted by Crippen LogP contribution is -1.95. The van der Waals surface area contributed by atoms with Crippen molar-refractivity contribution >= 4 is 21.5 Å². The third-order valence-corrected chi connectivity index (χ3v) is 4.32. The Morgan fingerprint density at radius 3 is 2.32 bits per heavy atom. The molecule has 0 N–H and O–H groups in total. The van der Waals surface area contributed by atoms with Gasteiger partial charge < -0.3 is 0 Å². The highest BCUT2D eigenvalue weighted by atomic mass is 79.9. The van der Waals surface area contributed by atoms with Crippen LogP contribution in [-0.4, -0.2) is 0 Å². The molecule has 0 spiro atoms. The van der Waals surface area contributed by atoms with Crippen LogP contribution in [0.4, 0.5) is 0 Å². The largest absolute Gasteiger partial charge is 0.0716 e. The second-order valence-corrected chi connectivity index (χ2v) is 6.31. The SMILES string of the molecule is Cc1cc(C)c(C2=CCc3cc(Br)ccc32)c(C)c1. The second kappa shape index (κ2) is 4.64. The van der Waals surface area contributed by atoms with Crippen LogP contribution in [0.1, 0.15) is 33.4 Å². The molecule has 0 amide bonds. The van der Waals surface area contributed by atoms with E-state index in [0.29, 0.717) is 0 Å². The van der Waals surface area contributed by atoms with Crippen molar-refractivity contribution in [2.24, 2.45) is 0 Å². The minimum Gasteiger partial charge on any atom is -0.0716 e. The summed E-state index contributed by atoms with van der Waals surface area (Å²) in [5.74, 6) is 0. The highest BCUT2D eigenvalue weighted by Crippen LogP contribution is 2.37. The van der Waals surface area contributed by atoms with Gasteiger partial charge in [-0.2, -0.15) is 0 Å².